The molecule has 1 N–H and O–H groups in total. The molecule has 0 bridgehead atoms. The first-order valence-corrected chi connectivity index (χ1v) is 7.50. The van der Waals surface area contributed by atoms with Crippen molar-refractivity contribution in [1.29, 1.82) is 0 Å². The molecule has 7 heteroatoms. The Labute approximate surface area is 133 Å². The first-order chi connectivity index (χ1) is 11.0. The molecule has 23 heavy (non-hydrogen) atoms. The van der Waals surface area contributed by atoms with Crippen LogP contribution in [0.15, 0.2) is 18.2 Å². The minimum atomic E-state index is -0.430. The van der Waals surface area contributed by atoms with Crippen molar-refractivity contribution in [3.63, 3.8) is 0 Å². The Morgan fingerprint density at radius 3 is 2.48 bits per heavy atom. The molecule has 0 saturated carbocycles. The fraction of sp³-hybridized carbons (Fsp3) is 0.375. The maximum absolute atomic E-state index is 12.0. The third-order valence-corrected chi connectivity index (χ3v) is 4.10. The van der Waals surface area contributed by atoms with Gasteiger partial charge in [-0.3, -0.25) is 24.1 Å². The highest BCUT2D eigenvalue weighted by Crippen LogP contribution is 2.30. The molecule has 0 atom stereocenters. The van der Waals surface area contributed by atoms with Crippen molar-refractivity contribution in [3.8, 4) is 0 Å². The van der Waals surface area contributed by atoms with Crippen LogP contribution in [-0.4, -0.2) is 41.6 Å². The number of benzene rings is 1. The summed E-state index contributed by atoms with van der Waals surface area (Å²) < 4.78 is 0. The second-order valence-corrected chi connectivity index (χ2v) is 5.69. The summed E-state index contributed by atoms with van der Waals surface area (Å²) in [6.07, 6.45) is 1.12. The van der Waals surface area contributed by atoms with Crippen LogP contribution in [0.3, 0.4) is 0 Å². The minimum absolute atomic E-state index is 0.0412. The van der Waals surface area contributed by atoms with Gasteiger partial charge >= 0.3 is 0 Å². The SMILES string of the molecule is CC(=O)N1CCc2ccc(NC(=O)CN3C(=O)CCC3=O)cc21. The second-order valence-electron chi connectivity index (χ2n) is 5.69. The molecule has 0 unspecified atom stereocenters. The van der Waals surface area contributed by atoms with E-state index in [1.807, 2.05) is 6.07 Å². The normalized spacial score (nSPS) is 16.7. The van der Waals surface area contributed by atoms with Crippen LogP contribution in [0.1, 0.15) is 25.3 Å². The van der Waals surface area contributed by atoms with Crippen molar-refractivity contribution in [3.05, 3.63) is 23.8 Å². The van der Waals surface area contributed by atoms with Crippen LogP contribution < -0.4 is 10.2 Å². The van der Waals surface area contributed by atoms with E-state index in [1.54, 1.807) is 17.0 Å². The molecular weight excluding hydrogens is 298 g/mol. The van der Waals surface area contributed by atoms with Crippen LogP contribution in [0.25, 0.3) is 0 Å². The minimum Gasteiger partial charge on any atom is -0.324 e. The van der Waals surface area contributed by atoms with Crippen molar-refractivity contribution < 1.29 is 19.2 Å². The van der Waals surface area contributed by atoms with Crippen molar-refractivity contribution >= 4 is 35.0 Å². The van der Waals surface area contributed by atoms with Crippen molar-refractivity contribution in [2.24, 2.45) is 0 Å². The second kappa shape index (κ2) is 5.83. The number of nitrogens with zero attached hydrogens (tertiary/aromatic N) is 2. The summed E-state index contributed by atoms with van der Waals surface area (Å²) >= 11 is 0. The van der Waals surface area contributed by atoms with Gasteiger partial charge < -0.3 is 10.2 Å². The fourth-order valence-electron chi connectivity index (χ4n) is 2.93. The Morgan fingerprint density at radius 2 is 1.83 bits per heavy atom. The number of likely N-dealkylation sites (tertiary alicyclic amines) is 1. The number of amides is 4. The summed E-state index contributed by atoms with van der Waals surface area (Å²) in [7, 11) is 0. The molecule has 0 aliphatic carbocycles. The molecule has 3 rings (SSSR count). The van der Waals surface area contributed by atoms with Crippen LogP contribution in [-0.2, 0) is 25.6 Å². The molecular formula is C16H17N3O4. The van der Waals surface area contributed by atoms with Crippen molar-refractivity contribution in [1.82, 2.24) is 4.90 Å². The summed E-state index contributed by atoms with van der Waals surface area (Å²) in [5.41, 5.74) is 2.40. The summed E-state index contributed by atoms with van der Waals surface area (Å²) in [5, 5.41) is 2.68. The fourth-order valence-corrected chi connectivity index (χ4v) is 2.93. The molecule has 1 aromatic rings. The van der Waals surface area contributed by atoms with E-state index >= 15 is 0 Å². The lowest BCUT2D eigenvalue weighted by Crippen LogP contribution is -2.36. The molecule has 0 radical (unpaired) electrons. The first kappa shape index (κ1) is 15.2. The van der Waals surface area contributed by atoms with Crippen molar-refractivity contribution in [2.45, 2.75) is 26.2 Å². The van der Waals surface area contributed by atoms with Gasteiger partial charge in [-0.25, -0.2) is 0 Å². The van der Waals surface area contributed by atoms with E-state index in [0.29, 0.717) is 12.2 Å². The number of fused-ring (bicyclic) bond motifs is 1. The lowest BCUT2D eigenvalue weighted by atomic mass is 10.1. The zero-order valence-corrected chi connectivity index (χ0v) is 12.8. The topological polar surface area (TPSA) is 86.8 Å². The Balaban J connectivity index is 1.70. The average Bonchev–Trinajstić information content (AvgIpc) is 3.05. The van der Waals surface area contributed by atoms with Gasteiger partial charge in [0.1, 0.15) is 6.54 Å². The van der Waals surface area contributed by atoms with E-state index in [4.69, 9.17) is 0 Å². The molecule has 1 fully saturated rings. The number of rotatable bonds is 3. The van der Waals surface area contributed by atoms with Crippen LogP contribution in [0.4, 0.5) is 11.4 Å². The highest BCUT2D eigenvalue weighted by Gasteiger charge is 2.30. The lowest BCUT2D eigenvalue weighted by molar-refractivity contribution is -0.141. The summed E-state index contributed by atoms with van der Waals surface area (Å²) in [6.45, 7) is 1.87. The molecule has 7 nitrogen and oxygen atoms in total. The molecule has 1 aromatic carbocycles. The Kier molecular flexibility index (Phi) is 3.85. The Bertz CT molecular complexity index is 697. The summed E-state index contributed by atoms with van der Waals surface area (Å²) in [5.74, 6) is -1.11. The quantitative estimate of drug-likeness (QED) is 0.831. The van der Waals surface area contributed by atoms with Gasteiger partial charge in [0.25, 0.3) is 0 Å². The summed E-state index contributed by atoms with van der Waals surface area (Å²) in [4.78, 5) is 49.3. The molecule has 2 aliphatic rings. The van der Waals surface area contributed by atoms with Gasteiger partial charge in [0.05, 0.1) is 0 Å². The maximum Gasteiger partial charge on any atom is 0.244 e. The standard InChI is InChI=1S/C16H17N3O4/c1-10(20)18-7-6-11-2-3-12(8-13(11)18)17-14(21)9-19-15(22)4-5-16(19)23/h2-3,8H,4-7,9H2,1H3,(H,17,21). The van der Waals surface area contributed by atoms with Crippen LogP contribution >= 0.6 is 0 Å². The molecule has 2 heterocycles. The monoisotopic (exact) mass is 315 g/mol. The van der Waals surface area contributed by atoms with Crippen LogP contribution in [0.2, 0.25) is 0 Å². The third-order valence-electron chi connectivity index (χ3n) is 4.10. The van der Waals surface area contributed by atoms with Gasteiger partial charge in [-0.15, -0.1) is 0 Å². The predicted octanol–water partition coefficient (Wildman–Crippen LogP) is 0.683. The number of carbonyl (C=O) groups excluding carboxylic acids is 4. The Morgan fingerprint density at radius 1 is 1.13 bits per heavy atom. The smallest absolute Gasteiger partial charge is 0.244 e. The molecule has 1 saturated heterocycles. The van der Waals surface area contributed by atoms with Gasteiger partial charge in [0.2, 0.25) is 23.6 Å². The number of nitrogens with one attached hydrogen (secondary N) is 1. The van der Waals surface area contributed by atoms with E-state index < -0.39 is 5.91 Å². The van der Waals surface area contributed by atoms with E-state index in [9.17, 15) is 19.2 Å². The Hall–Kier alpha value is -2.70. The third kappa shape index (κ3) is 2.94. The van der Waals surface area contributed by atoms with Gasteiger partial charge in [-0.1, -0.05) is 6.07 Å². The van der Waals surface area contributed by atoms with Gasteiger partial charge in [0.15, 0.2) is 0 Å². The highest BCUT2D eigenvalue weighted by molar-refractivity contribution is 6.06. The number of carbonyl (C=O) groups is 4. The number of imide groups is 1. The van der Waals surface area contributed by atoms with E-state index in [-0.39, 0.29) is 37.1 Å². The average molecular weight is 315 g/mol. The molecule has 120 valence electrons. The van der Waals surface area contributed by atoms with Gasteiger partial charge in [0, 0.05) is 37.7 Å². The highest BCUT2D eigenvalue weighted by atomic mass is 16.2. The van der Waals surface area contributed by atoms with E-state index in [2.05, 4.69) is 5.32 Å². The molecule has 2 aliphatic heterocycles. The van der Waals surface area contributed by atoms with Gasteiger partial charge in [-0.2, -0.15) is 0 Å². The number of hydrogen-bond acceptors (Lipinski definition) is 4. The predicted molar refractivity (Wildman–Crippen MR) is 82.8 cm³/mol. The number of anilines is 2. The molecule has 0 spiro atoms. The largest absolute Gasteiger partial charge is 0.324 e. The van der Waals surface area contributed by atoms with E-state index in [0.717, 1.165) is 22.6 Å². The van der Waals surface area contributed by atoms with Crippen molar-refractivity contribution in [2.75, 3.05) is 23.3 Å². The summed E-state index contributed by atoms with van der Waals surface area (Å²) in [6, 6.07) is 5.38. The number of hydrogen-bond donors (Lipinski definition) is 1. The first-order valence-electron chi connectivity index (χ1n) is 7.50. The van der Waals surface area contributed by atoms with Crippen LogP contribution in [0, 0.1) is 0 Å². The molecule has 4 amide bonds. The lowest BCUT2D eigenvalue weighted by Gasteiger charge is -2.17. The zero-order chi connectivity index (χ0) is 16.6. The maximum atomic E-state index is 12.0. The van der Waals surface area contributed by atoms with Crippen LogP contribution in [0.5, 0.6) is 0 Å². The molecule has 0 aromatic heterocycles. The van der Waals surface area contributed by atoms with E-state index in [1.165, 1.54) is 6.92 Å². The van der Waals surface area contributed by atoms with Gasteiger partial charge in [-0.05, 0) is 24.1 Å². The zero-order valence-electron chi connectivity index (χ0n) is 12.8.